The highest BCUT2D eigenvalue weighted by atomic mass is 16.7. The van der Waals surface area contributed by atoms with Gasteiger partial charge in [-0.2, -0.15) is 4.98 Å². The fourth-order valence-corrected chi connectivity index (χ4v) is 5.50. The summed E-state index contributed by atoms with van der Waals surface area (Å²) in [5.74, 6) is 3.09. The van der Waals surface area contributed by atoms with Crippen LogP contribution < -0.4 is 14.8 Å². The lowest BCUT2D eigenvalue weighted by Gasteiger charge is -2.27. The Morgan fingerprint density at radius 3 is 2.84 bits per heavy atom. The number of carbonyl (C=O) groups is 1. The third kappa shape index (κ3) is 3.15. The van der Waals surface area contributed by atoms with Gasteiger partial charge in [0.25, 0.3) is 0 Å². The van der Waals surface area contributed by atoms with E-state index in [9.17, 15) is 4.79 Å². The number of amides is 1. The lowest BCUT2D eigenvalue weighted by molar-refractivity contribution is -0.122. The summed E-state index contributed by atoms with van der Waals surface area (Å²) in [5, 5.41) is 7.33. The average molecular weight is 417 g/mol. The number of fused-ring (bicyclic) bond motifs is 3. The van der Waals surface area contributed by atoms with Gasteiger partial charge in [-0.25, -0.2) is 0 Å². The minimum absolute atomic E-state index is 0.0428. The first-order valence-electron chi connectivity index (χ1n) is 10.8. The van der Waals surface area contributed by atoms with E-state index in [2.05, 4.69) is 10.5 Å². The van der Waals surface area contributed by atoms with Crippen LogP contribution in [0.15, 0.2) is 47.0 Å². The standard InChI is InChI=1S/C24H23N3O4/c1-13-3-2-4-17(9-13)25-23(28)20-14-5-6-15(10-14)21(20)24-26-22(27-31-24)16-7-8-18-19(11-16)30-12-29-18/h2-4,7-9,11,14-15,20-21H,5-6,10,12H2,1H3,(H,25,28)/t14-,15+,20-,21-/m0/s1. The Balaban J connectivity index is 1.27. The molecule has 1 amide bonds. The van der Waals surface area contributed by atoms with Crippen LogP contribution in [0.2, 0.25) is 0 Å². The van der Waals surface area contributed by atoms with Gasteiger partial charge in [0.1, 0.15) is 0 Å². The highest BCUT2D eigenvalue weighted by molar-refractivity contribution is 5.93. The molecular weight excluding hydrogens is 394 g/mol. The highest BCUT2D eigenvalue weighted by Gasteiger charge is 2.53. The summed E-state index contributed by atoms with van der Waals surface area (Å²) in [6.07, 6.45) is 3.22. The number of nitrogens with one attached hydrogen (secondary N) is 1. The van der Waals surface area contributed by atoms with Gasteiger partial charge < -0.3 is 19.3 Å². The zero-order valence-electron chi connectivity index (χ0n) is 17.2. The highest BCUT2D eigenvalue weighted by Crippen LogP contribution is 2.56. The molecule has 31 heavy (non-hydrogen) atoms. The summed E-state index contributed by atoms with van der Waals surface area (Å²) in [5.41, 5.74) is 2.76. The van der Waals surface area contributed by atoms with Crippen LogP contribution in [0, 0.1) is 24.7 Å². The summed E-state index contributed by atoms with van der Waals surface area (Å²) < 4.78 is 16.5. The largest absolute Gasteiger partial charge is 0.454 e. The summed E-state index contributed by atoms with van der Waals surface area (Å²) in [6, 6.07) is 13.5. The molecule has 7 heteroatoms. The molecule has 3 aromatic rings. The lowest BCUT2D eigenvalue weighted by atomic mass is 9.78. The number of benzene rings is 2. The van der Waals surface area contributed by atoms with Gasteiger partial charge >= 0.3 is 0 Å². The number of anilines is 1. The summed E-state index contributed by atoms with van der Waals surface area (Å²) in [7, 11) is 0. The van der Waals surface area contributed by atoms with E-state index in [4.69, 9.17) is 19.0 Å². The maximum atomic E-state index is 13.3. The van der Waals surface area contributed by atoms with Crippen molar-refractivity contribution >= 4 is 11.6 Å². The number of hydrogen-bond acceptors (Lipinski definition) is 6. The van der Waals surface area contributed by atoms with E-state index in [0.717, 1.165) is 36.1 Å². The van der Waals surface area contributed by atoms with Gasteiger partial charge in [-0.05, 0) is 73.9 Å². The second-order valence-electron chi connectivity index (χ2n) is 8.77. The molecule has 0 radical (unpaired) electrons. The zero-order chi connectivity index (χ0) is 20.9. The molecule has 4 atom stereocenters. The van der Waals surface area contributed by atoms with Gasteiger partial charge in [-0.3, -0.25) is 4.79 Å². The molecule has 2 bridgehead atoms. The van der Waals surface area contributed by atoms with Crippen molar-refractivity contribution in [1.29, 1.82) is 0 Å². The van der Waals surface area contributed by atoms with Crippen molar-refractivity contribution in [3.8, 4) is 22.9 Å². The van der Waals surface area contributed by atoms with E-state index in [1.54, 1.807) is 0 Å². The van der Waals surface area contributed by atoms with E-state index in [1.807, 2.05) is 49.4 Å². The monoisotopic (exact) mass is 417 g/mol. The van der Waals surface area contributed by atoms with Gasteiger partial charge in [0, 0.05) is 11.3 Å². The first kappa shape index (κ1) is 18.4. The molecule has 2 aliphatic carbocycles. The van der Waals surface area contributed by atoms with E-state index in [-0.39, 0.29) is 24.5 Å². The topological polar surface area (TPSA) is 86.5 Å². The SMILES string of the molecule is Cc1cccc(NC(=O)[C@H]2[C@H]3CC[C@H](C3)[C@@H]2c2nc(-c3ccc4c(c3)OCO4)no2)c1. The Hall–Kier alpha value is -3.35. The van der Waals surface area contributed by atoms with Gasteiger partial charge in [0.05, 0.1) is 11.8 Å². The molecule has 0 saturated heterocycles. The van der Waals surface area contributed by atoms with Gasteiger partial charge in [-0.1, -0.05) is 17.3 Å². The molecule has 0 unspecified atom stereocenters. The second kappa shape index (κ2) is 7.11. The van der Waals surface area contributed by atoms with Crippen LogP contribution in [0.4, 0.5) is 5.69 Å². The van der Waals surface area contributed by atoms with Crippen molar-refractivity contribution in [2.75, 3.05) is 12.1 Å². The van der Waals surface area contributed by atoms with Crippen molar-refractivity contribution in [3.05, 3.63) is 53.9 Å². The first-order chi connectivity index (χ1) is 15.2. The molecule has 1 N–H and O–H groups in total. The van der Waals surface area contributed by atoms with E-state index in [0.29, 0.717) is 35.0 Å². The molecule has 2 aromatic carbocycles. The third-order valence-electron chi connectivity index (χ3n) is 6.86. The summed E-state index contributed by atoms with van der Waals surface area (Å²) in [4.78, 5) is 18.0. The molecule has 6 rings (SSSR count). The van der Waals surface area contributed by atoms with Crippen molar-refractivity contribution in [3.63, 3.8) is 0 Å². The van der Waals surface area contributed by atoms with Gasteiger partial charge in [0.2, 0.25) is 24.4 Å². The Bertz CT molecular complexity index is 1160. The van der Waals surface area contributed by atoms with Crippen LogP contribution in [-0.2, 0) is 4.79 Å². The fraction of sp³-hybridized carbons (Fsp3) is 0.375. The van der Waals surface area contributed by atoms with Crippen LogP contribution >= 0.6 is 0 Å². The molecule has 0 spiro atoms. The van der Waals surface area contributed by atoms with E-state index < -0.39 is 0 Å². The Kier molecular flexibility index (Phi) is 4.23. The molecular formula is C24H23N3O4. The maximum absolute atomic E-state index is 13.3. The lowest BCUT2D eigenvalue weighted by Crippen LogP contribution is -2.33. The smallest absolute Gasteiger partial charge is 0.231 e. The van der Waals surface area contributed by atoms with Crippen LogP contribution in [0.25, 0.3) is 11.4 Å². The third-order valence-corrected chi connectivity index (χ3v) is 6.86. The predicted molar refractivity (Wildman–Crippen MR) is 113 cm³/mol. The van der Waals surface area contributed by atoms with Crippen LogP contribution in [0.3, 0.4) is 0 Å². The van der Waals surface area contributed by atoms with Crippen LogP contribution in [0.1, 0.15) is 36.6 Å². The predicted octanol–water partition coefficient (Wildman–Crippen LogP) is 4.54. The Morgan fingerprint density at radius 1 is 1.06 bits per heavy atom. The number of ether oxygens (including phenoxy) is 2. The minimum atomic E-state index is -0.149. The quantitative estimate of drug-likeness (QED) is 0.671. The van der Waals surface area contributed by atoms with Crippen LogP contribution in [0.5, 0.6) is 11.5 Å². The second-order valence-corrected chi connectivity index (χ2v) is 8.77. The maximum Gasteiger partial charge on any atom is 0.231 e. The number of rotatable bonds is 4. The number of hydrogen-bond donors (Lipinski definition) is 1. The fourth-order valence-electron chi connectivity index (χ4n) is 5.50. The molecule has 1 aromatic heterocycles. The van der Waals surface area contributed by atoms with Crippen molar-refractivity contribution in [2.24, 2.45) is 17.8 Å². The Labute approximate surface area is 179 Å². The molecule has 2 saturated carbocycles. The average Bonchev–Trinajstić information content (AvgIpc) is 3.56. The molecule has 7 nitrogen and oxygen atoms in total. The summed E-state index contributed by atoms with van der Waals surface area (Å²) in [6.45, 7) is 2.24. The molecule has 2 fully saturated rings. The number of carbonyl (C=O) groups excluding carboxylic acids is 1. The first-order valence-corrected chi connectivity index (χ1v) is 10.8. The zero-order valence-corrected chi connectivity index (χ0v) is 17.2. The minimum Gasteiger partial charge on any atom is -0.454 e. The van der Waals surface area contributed by atoms with Crippen molar-refractivity contribution in [1.82, 2.24) is 10.1 Å². The molecule has 3 aliphatic rings. The van der Waals surface area contributed by atoms with Gasteiger partial charge in [-0.15, -0.1) is 0 Å². The number of aryl methyl sites for hydroxylation is 1. The summed E-state index contributed by atoms with van der Waals surface area (Å²) >= 11 is 0. The van der Waals surface area contributed by atoms with Crippen molar-refractivity contribution in [2.45, 2.75) is 32.1 Å². The van der Waals surface area contributed by atoms with Gasteiger partial charge in [0.15, 0.2) is 11.5 Å². The Morgan fingerprint density at radius 2 is 1.94 bits per heavy atom. The number of nitrogens with zero attached hydrogens (tertiary/aromatic N) is 2. The molecule has 1 aliphatic heterocycles. The van der Waals surface area contributed by atoms with E-state index >= 15 is 0 Å². The van der Waals surface area contributed by atoms with Crippen molar-refractivity contribution < 1.29 is 18.8 Å². The van der Waals surface area contributed by atoms with Crippen LogP contribution in [-0.4, -0.2) is 22.8 Å². The normalized spacial score (nSPS) is 25.7. The molecule has 2 heterocycles. The van der Waals surface area contributed by atoms with E-state index in [1.165, 1.54) is 0 Å². The number of aromatic nitrogens is 2. The molecule has 158 valence electrons.